The predicted molar refractivity (Wildman–Crippen MR) is 59.5 cm³/mol. The Labute approximate surface area is 85.4 Å². The molecule has 0 fully saturated rings. The number of ether oxygens (including phenoxy) is 1. The van der Waals surface area contributed by atoms with Crippen LogP contribution in [0.15, 0.2) is 30.9 Å². The first kappa shape index (κ1) is 10.8. The summed E-state index contributed by atoms with van der Waals surface area (Å²) in [5, 5.41) is 0. The van der Waals surface area contributed by atoms with Crippen molar-refractivity contribution in [3.63, 3.8) is 0 Å². The molecule has 0 radical (unpaired) electrons. The Bertz CT molecular complexity index is 320. The van der Waals surface area contributed by atoms with Crippen molar-refractivity contribution >= 4 is 0 Å². The molecule has 0 unspecified atom stereocenters. The maximum Gasteiger partial charge on any atom is 0.122 e. The molecule has 0 aliphatic rings. The van der Waals surface area contributed by atoms with Crippen molar-refractivity contribution in [2.24, 2.45) is 5.73 Å². The van der Waals surface area contributed by atoms with Crippen LogP contribution < -0.4 is 10.5 Å². The Hall–Kier alpha value is -1.28. The molecule has 2 heteroatoms. The van der Waals surface area contributed by atoms with E-state index in [1.807, 2.05) is 31.2 Å². The fourth-order valence-corrected chi connectivity index (χ4v) is 1.56. The minimum Gasteiger partial charge on any atom is -0.496 e. The second-order valence-electron chi connectivity index (χ2n) is 3.31. The van der Waals surface area contributed by atoms with Crippen molar-refractivity contribution < 1.29 is 4.74 Å². The van der Waals surface area contributed by atoms with E-state index in [4.69, 9.17) is 10.5 Å². The molecule has 0 aliphatic carbocycles. The molecule has 0 amide bonds. The lowest BCUT2D eigenvalue weighted by Gasteiger charge is -2.15. The maximum atomic E-state index is 6.00. The summed E-state index contributed by atoms with van der Waals surface area (Å²) in [6.07, 6.45) is 2.62. The van der Waals surface area contributed by atoms with E-state index in [0.29, 0.717) is 0 Å². The van der Waals surface area contributed by atoms with Crippen LogP contribution in [-0.4, -0.2) is 7.11 Å². The van der Waals surface area contributed by atoms with Crippen molar-refractivity contribution in [3.8, 4) is 5.75 Å². The second kappa shape index (κ2) is 4.82. The SMILES string of the molecule is C=CC[C@@H](N)c1cccc(OC)c1C. The van der Waals surface area contributed by atoms with Gasteiger partial charge >= 0.3 is 0 Å². The fourth-order valence-electron chi connectivity index (χ4n) is 1.56. The Morgan fingerprint density at radius 2 is 2.29 bits per heavy atom. The van der Waals surface area contributed by atoms with Gasteiger partial charge in [-0.3, -0.25) is 0 Å². The van der Waals surface area contributed by atoms with Crippen LogP contribution in [-0.2, 0) is 0 Å². The van der Waals surface area contributed by atoms with Gasteiger partial charge < -0.3 is 10.5 Å². The van der Waals surface area contributed by atoms with Crippen molar-refractivity contribution in [2.75, 3.05) is 7.11 Å². The Balaban J connectivity index is 3.02. The summed E-state index contributed by atoms with van der Waals surface area (Å²) in [6, 6.07) is 5.96. The van der Waals surface area contributed by atoms with E-state index in [-0.39, 0.29) is 6.04 Å². The molecule has 0 bridgehead atoms. The highest BCUT2D eigenvalue weighted by Gasteiger charge is 2.09. The summed E-state index contributed by atoms with van der Waals surface area (Å²) in [4.78, 5) is 0. The smallest absolute Gasteiger partial charge is 0.122 e. The number of hydrogen-bond acceptors (Lipinski definition) is 2. The highest BCUT2D eigenvalue weighted by atomic mass is 16.5. The van der Waals surface area contributed by atoms with Gasteiger partial charge in [-0.15, -0.1) is 6.58 Å². The molecular weight excluding hydrogens is 174 g/mol. The molecule has 0 spiro atoms. The van der Waals surface area contributed by atoms with Crippen molar-refractivity contribution in [1.82, 2.24) is 0 Å². The number of rotatable bonds is 4. The summed E-state index contributed by atoms with van der Waals surface area (Å²) >= 11 is 0. The Kier molecular flexibility index (Phi) is 3.72. The molecule has 1 aromatic carbocycles. The number of methoxy groups -OCH3 is 1. The molecule has 0 aliphatic heterocycles. The average molecular weight is 191 g/mol. The lowest BCUT2D eigenvalue weighted by atomic mass is 9.99. The van der Waals surface area contributed by atoms with Crippen LogP contribution in [0.25, 0.3) is 0 Å². The van der Waals surface area contributed by atoms with E-state index in [1.54, 1.807) is 7.11 Å². The van der Waals surface area contributed by atoms with E-state index in [2.05, 4.69) is 6.58 Å². The van der Waals surface area contributed by atoms with Gasteiger partial charge in [-0.25, -0.2) is 0 Å². The summed E-state index contributed by atoms with van der Waals surface area (Å²) in [7, 11) is 1.67. The zero-order valence-corrected chi connectivity index (χ0v) is 8.79. The molecule has 0 heterocycles. The van der Waals surface area contributed by atoms with Crippen molar-refractivity contribution in [1.29, 1.82) is 0 Å². The first-order chi connectivity index (χ1) is 6.70. The molecule has 14 heavy (non-hydrogen) atoms. The van der Waals surface area contributed by atoms with Gasteiger partial charge in [0.25, 0.3) is 0 Å². The van der Waals surface area contributed by atoms with E-state index in [0.717, 1.165) is 23.3 Å². The van der Waals surface area contributed by atoms with Gasteiger partial charge in [0.2, 0.25) is 0 Å². The predicted octanol–water partition coefficient (Wildman–Crippen LogP) is 2.58. The molecule has 2 N–H and O–H groups in total. The number of nitrogens with two attached hydrogens (primary N) is 1. The van der Waals surface area contributed by atoms with Gasteiger partial charge in [-0.1, -0.05) is 18.2 Å². The summed E-state index contributed by atoms with van der Waals surface area (Å²) in [6.45, 7) is 5.71. The minimum absolute atomic E-state index is 0.0163. The van der Waals surface area contributed by atoms with Gasteiger partial charge in [-0.05, 0) is 30.5 Å². The van der Waals surface area contributed by atoms with E-state index < -0.39 is 0 Å². The van der Waals surface area contributed by atoms with Gasteiger partial charge in [0.05, 0.1) is 7.11 Å². The van der Waals surface area contributed by atoms with Crippen molar-refractivity contribution in [2.45, 2.75) is 19.4 Å². The largest absolute Gasteiger partial charge is 0.496 e. The lowest BCUT2D eigenvalue weighted by molar-refractivity contribution is 0.410. The normalized spacial score (nSPS) is 12.2. The third-order valence-corrected chi connectivity index (χ3v) is 2.37. The standard InChI is InChI=1S/C12H17NO/c1-4-6-11(13)10-7-5-8-12(14-3)9(10)2/h4-5,7-8,11H,1,6,13H2,2-3H3/t11-/m1/s1. The molecule has 1 rings (SSSR count). The van der Waals surface area contributed by atoms with Crippen LogP contribution in [0.4, 0.5) is 0 Å². The lowest BCUT2D eigenvalue weighted by Crippen LogP contribution is -2.11. The highest BCUT2D eigenvalue weighted by Crippen LogP contribution is 2.26. The fraction of sp³-hybridized carbons (Fsp3) is 0.333. The van der Waals surface area contributed by atoms with Crippen molar-refractivity contribution in [3.05, 3.63) is 42.0 Å². The van der Waals surface area contributed by atoms with Crippen LogP contribution in [0, 0.1) is 6.92 Å². The minimum atomic E-state index is 0.0163. The summed E-state index contributed by atoms with van der Waals surface area (Å²) in [5.41, 5.74) is 8.25. The molecule has 2 nitrogen and oxygen atoms in total. The maximum absolute atomic E-state index is 6.00. The summed E-state index contributed by atoms with van der Waals surface area (Å²) < 4.78 is 5.23. The van der Waals surface area contributed by atoms with Crippen LogP contribution in [0.5, 0.6) is 5.75 Å². The zero-order chi connectivity index (χ0) is 10.6. The molecular formula is C12H17NO. The first-order valence-corrected chi connectivity index (χ1v) is 4.70. The molecule has 1 aromatic rings. The third kappa shape index (κ3) is 2.15. The van der Waals surface area contributed by atoms with Gasteiger partial charge in [-0.2, -0.15) is 0 Å². The summed E-state index contributed by atoms with van der Waals surface area (Å²) in [5.74, 6) is 0.891. The Morgan fingerprint density at radius 1 is 1.57 bits per heavy atom. The van der Waals surface area contributed by atoms with Gasteiger partial charge in [0.1, 0.15) is 5.75 Å². The molecule has 1 atom stereocenters. The van der Waals surface area contributed by atoms with Crippen LogP contribution in [0.2, 0.25) is 0 Å². The van der Waals surface area contributed by atoms with Crippen LogP contribution in [0.1, 0.15) is 23.6 Å². The third-order valence-electron chi connectivity index (χ3n) is 2.37. The van der Waals surface area contributed by atoms with Gasteiger partial charge in [0.15, 0.2) is 0 Å². The van der Waals surface area contributed by atoms with Gasteiger partial charge in [0, 0.05) is 6.04 Å². The second-order valence-corrected chi connectivity index (χ2v) is 3.31. The quantitative estimate of drug-likeness (QED) is 0.742. The van der Waals surface area contributed by atoms with E-state index in [9.17, 15) is 0 Å². The molecule has 76 valence electrons. The molecule has 0 aromatic heterocycles. The highest BCUT2D eigenvalue weighted by molar-refractivity contribution is 5.40. The van der Waals surface area contributed by atoms with Crippen LogP contribution >= 0.6 is 0 Å². The first-order valence-electron chi connectivity index (χ1n) is 4.70. The monoisotopic (exact) mass is 191 g/mol. The topological polar surface area (TPSA) is 35.2 Å². The van der Waals surface area contributed by atoms with Crippen LogP contribution in [0.3, 0.4) is 0 Å². The van der Waals surface area contributed by atoms with E-state index in [1.165, 1.54) is 0 Å². The average Bonchev–Trinajstić information content (AvgIpc) is 2.18. The number of benzene rings is 1. The Morgan fingerprint density at radius 3 is 2.86 bits per heavy atom. The number of hydrogen-bond donors (Lipinski definition) is 1. The zero-order valence-electron chi connectivity index (χ0n) is 8.79. The van der Waals surface area contributed by atoms with E-state index >= 15 is 0 Å². The molecule has 0 saturated carbocycles. The molecule has 0 saturated heterocycles.